The van der Waals surface area contributed by atoms with E-state index in [2.05, 4.69) is 12.2 Å². The first-order chi connectivity index (χ1) is 10.9. The summed E-state index contributed by atoms with van der Waals surface area (Å²) in [5.41, 5.74) is -0.821. The van der Waals surface area contributed by atoms with Gasteiger partial charge in [-0.05, 0) is 57.7 Å². The van der Waals surface area contributed by atoms with E-state index in [-0.39, 0.29) is 11.9 Å². The van der Waals surface area contributed by atoms with Crippen LogP contribution in [0.15, 0.2) is 24.3 Å². The van der Waals surface area contributed by atoms with Gasteiger partial charge >= 0.3 is 0 Å². The molecule has 0 bridgehead atoms. The lowest BCUT2D eigenvalue weighted by molar-refractivity contribution is -0.149. The van der Waals surface area contributed by atoms with Gasteiger partial charge in [0.25, 0.3) is 0 Å². The van der Waals surface area contributed by atoms with Crippen molar-refractivity contribution in [2.24, 2.45) is 5.41 Å². The summed E-state index contributed by atoms with van der Waals surface area (Å²) in [7, 11) is 0. The van der Waals surface area contributed by atoms with Crippen LogP contribution < -0.4 is 5.32 Å². The van der Waals surface area contributed by atoms with Crippen LogP contribution in [-0.4, -0.2) is 29.3 Å². The van der Waals surface area contributed by atoms with Crippen LogP contribution in [0.5, 0.6) is 0 Å². The van der Waals surface area contributed by atoms with Gasteiger partial charge < -0.3 is 10.2 Å². The number of nitrogens with one attached hydrogen (secondary N) is 1. The molecule has 0 radical (unpaired) electrons. The molecule has 1 atom stereocenters. The number of hydrogen-bond acceptors (Lipinski definition) is 2. The Morgan fingerprint density at radius 2 is 2.09 bits per heavy atom. The SMILES string of the molecule is CCC1CCCCN1C(=O)C(C)(C)C(=O)Nc1cccc(F)c1. The summed E-state index contributed by atoms with van der Waals surface area (Å²) in [4.78, 5) is 27.3. The van der Waals surface area contributed by atoms with Crippen LogP contribution in [-0.2, 0) is 9.59 Å². The quantitative estimate of drug-likeness (QED) is 0.862. The summed E-state index contributed by atoms with van der Waals surface area (Å²) in [5.74, 6) is -0.986. The lowest BCUT2D eigenvalue weighted by atomic mass is 9.87. The lowest BCUT2D eigenvalue weighted by Gasteiger charge is -2.39. The second-order valence-corrected chi connectivity index (χ2v) is 6.65. The molecule has 0 aliphatic carbocycles. The molecule has 1 N–H and O–H groups in total. The molecule has 1 aliphatic heterocycles. The van der Waals surface area contributed by atoms with Crippen molar-refractivity contribution in [3.8, 4) is 0 Å². The van der Waals surface area contributed by atoms with Gasteiger partial charge in [0.05, 0.1) is 0 Å². The Bertz CT molecular complexity index is 586. The maximum Gasteiger partial charge on any atom is 0.239 e. The van der Waals surface area contributed by atoms with Gasteiger partial charge in [-0.1, -0.05) is 13.0 Å². The van der Waals surface area contributed by atoms with Crippen LogP contribution in [0.4, 0.5) is 10.1 Å². The van der Waals surface area contributed by atoms with E-state index in [1.54, 1.807) is 19.9 Å². The summed E-state index contributed by atoms with van der Waals surface area (Å²) in [6.45, 7) is 6.03. The highest BCUT2D eigenvalue weighted by Gasteiger charge is 2.41. The summed E-state index contributed by atoms with van der Waals surface area (Å²) in [6.07, 6.45) is 3.99. The molecule has 2 rings (SSSR count). The van der Waals surface area contributed by atoms with Crippen molar-refractivity contribution in [3.63, 3.8) is 0 Å². The molecule has 1 aromatic rings. The minimum atomic E-state index is -1.18. The van der Waals surface area contributed by atoms with Crippen LogP contribution in [0.3, 0.4) is 0 Å². The Kier molecular flexibility index (Phi) is 5.39. The van der Waals surface area contributed by atoms with Crippen LogP contribution in [0.1, 0.15) is 46.5 Å². The first-order valence-electron chi connectivity index (χ1n) is 8.24. The predicted octanol–water partition coefficient (Wildman–Crippen LogP) is 3.58. The summed E-state index contributed by atoms with van der Waals surface area (Å²) in [5, 5.41) is 2.65. The molecule has 1 saturated heterocycles. The predicted molar refractivity (Wildman–Crippen MR) is 88.5 cm³/mol. The number of likely N-dealkylation sites (tertiary alicyclic amines) is 1. The van der Waals surface area contributed by atoms with Gasteiger partial charge in [-0.2, -0.15) is 0 Å². The molecular weight excluding hydrogens is 295 g/mol. The second-order valence-electron chi connectivity index (χ2n) is 6.65. The molecule has 2 amide bonds. The maximum absolute atomic E-state index is 13.2. The van der Waals surface area contributed by atoms with Crippen molar-refractivity contribution in [3.05, 3.63) is 30.1 Å². The Hall–Kier alpha value is -1.91. The van der Waals surface area contributed by atoms with Gasteiger partial charge in [0.1, 0.15) is 11.2 Å². The normalized spacial score (nSPS) is 18.6. The van der Waals surface area contributed by atoms with Gasteiger partial charge in [-0.15, -0.1) is 0 Å². The topological polar surface area (TPSA) is 49.4 Å². The van der Waals surface area contributed by atoms with Gasteiger partial charge in [0.2, 0.25) is 11.8 Å². The van der Waals surface area contributed by atoms with Crippen molar-refractivity contribution in [2.45, 2.75) is 52.5 Å². The number of benzene rings is 1. The molecular formula is C18H25FN2O2. The van der Waals surface area contributed by atoms with Crippen molar-refractivity contribution in [2.75, 3.05) is 11.9 Å². The Morgan fingerprint density at radius 3 is 2.74 bits per heavy atom. The molecule has 1 aliphatic rings. The largest absolute Gasteiger partial charge is 0.339 e. The van der Waals surface area contributed by atoms with E-state index in [1.165, 1.54) is 18.2 Å². The van der Waals surface area contributed by atoms with Gasteiger partial charge in [0, 0.05) is 18.3 Å². The van der Waals surface area contributed by atoms with Gasteiger partial charge in [-0.25, -0.2) is 4.39 Å². The number of carbonyl (C=O) groups excluding carboxylic acids is 2. The van der Waals surface area contributed by atoms with Crippen LogP contribution in [0, 0.1) is 11.2 Å². The Labute approximate surface area is 137 Å². The van der Waals surface area contributed by atoms with E-state index >= 15 is 0 Å². The standard InChI is InChI=1S/C18H25FN2O2/c1-4-15-10-5-6-11-21(15)17(23)18(2,3)16(22)20-14-9-7-8-13(19)12-14/h7-9,12,15H,4-6,10-11H2,1-3H3,(H,20,22). The number of piperidine rings is 1. The molecule has 1 heterocycles. The molecule has 1 fully saturated rings. The van der Waals surface area contributed by atoms with Gasteiger partial charge in [0.15, 0.2) is 0 Å². The molecule has 23 heavy (non-hydrogen) atoms. The highest BCUT2D eigenvalue weighted by molar-refractivity contribution is 6.09. The first-order valence-corrected chi connectivity index (χ1v) is 8.24. The molecule has 5 heteroatoms. The lowest BCUT2D eigenvalue weighted by Crippen LogP contribution is -2.52. The molecule has 1 unspecified atom stereocenters. The average molecular weight is 320 g/mol. The summed E-state index contributed by atoms with van der Waals surface area (Å²) >= 11 is 0. The van der Waals surface area contributed by atoms with E-state index in [0.717, 1.165) is 25.7 Å². The molecule has 0 aromatic heterocycles. The van der Waals surface area contributed by atoms with Crippen molar-refractivity contribution >= 4 is 17.5 Å². The Morgan fingerprint density at radius 1 is 1.35 bits per heavy atom. The van der Waals surface area contributed by atoms with Crippen LogP contribution in [0.25, 0.3) is 0 Å². The van der Waals surface area contributed by atoms with Crippen LogP contribution in [0.2, 0.25) is 0 Å². The molecule has 0 spiro atoms. The molecule has 0 saturated carbocycles. The number of carbonyl (C=O) groups is 2. The van der Waals surface area contributed by atoms with Crippen molar-refractivity contribution < 1.29 is 14.0 Å². The molecule has 1 aromatic carbocycles. The number of amides is 2. The fourth-order valence-electron chi connectivity index (χ4n) is 3.00. The third kappa shape index (κ3) is 3.89. The van der Waals surface area contributed by atoms with Crippen molar-refractivity contribution in [1.82, 2.24) is 4.90 Å². The number of halogens is 1. The number of hydrogen-bond donors (Lipinski definition) is 1. The van der Waals surface area contributed by atoms with E-state index in [9.17, 15) is 14.0 Å². The minimum Gasteiger partial charge on any atom is -0.339 e. The van der Waals surface area contributed by atoms with E-state index in [0.29, 0.717) is 12.2 Å². The third-order valence-corrected chi connectivity index (χ3v) is 4.54. The average Bonchev–Trinajstić information content (AvgIpc) is 2.54. The van der Waals surface area contributed by atoms with Gasteiger partial charge in [-0.3, -0.25) is 9.59 Å². The monoisotopic (exact) mass is 320 g/mol. The number of anilines is 1. The fourth-order valence-corrected chi connectivity index (χ4v) is 3.00. The highest BCUT2D eigenvalue weighted by Crippen LogP contribution is 2.28. The zero-order valence-electron chi connectivity index (χ0n) is 14.1. The molecule has 4 nitrogen and oxygen atoms in total. The Balaban J connectivity index is 2.12. The highest BCUT2D eigenvalue weighted by atomic mass is 19.1. The zero-order valence-corrected chi connectivity index (χ0v) is 14.1. The van der Waals surface area contributed by atoms with E-state index in [1.807, 2.05) is 4.90 Å². The summed E-state index contributed by atoms with van der Waals surface area (Å²) < 4.78 is 13.2. The smallest absolute Gasteiger partial charge is 0.239 e. The second kappa shape index (κ2) is 7.11. The maximum atomic E-state index is 13.2. The zero-order chi connectivity index (χ0) is 17.0. The van der Waals surface area contributed by atoms with Crippen molar-refractivity contribution in [1.29, 1.82) is 0 Å². The number of nitrogens with zero attached hydrogens (tertiary/aromatic N) is 1. The minimum absolute atomic E-state index is 0.155. The number of rotatable bonds is 4. The van der Waals surface area contributed by atoms with E-state index in [4.69, 9.17) is 0 Å². The summed E-state index contributed by atoms with van der Waals surface area (Å²) in [6, 6.07) is 5.90. The molecule has 126 valence electrons. The third-order valence-electron chi connectivity index (χ3n) is 4.54. The van der Waals surface area contributed by atoms with E-state index < -0.39 is 17.1 Å². The fraction of sp³-hybridized carbons (Fsp3) is 0.556. The van der Waals surface area contributed by atoms with Crippen LogP contribution >= 0.6 is 0 Å². The first kappa shape index (κ1) is 17.4.